The van der Waals surface area contributed by atoms with Crippen LogP contribution in [0.25, 0.3) is 0 Å². The minimum Gasteiger partial charge on any atom is -0.303 e. The molecule has 2 heterocycles. The van der Waals surface area contributed by atoms with Gasteiger partial charge in [0.15, 0.2) is 0 Å². The Morgan fingerprint density at radius 1 is 0.500 bits per heavy atom. The molecule has 2 nitrogen and oxygen atoms in total. The number of hydrogen-bond acceptors (Lipinski definition) is 2. The molecule has 0 aromatic rings. The Bertz CT molecular complexity index is 194. The summed E-state index contributed by atoms with van der Waals surface area (Å²) < 4.78 is 0. The Morgan fingerprint density at radius 3 is 1.18 bits per heavy atom. The van der Waals surface area contributed by atoms with Gasteiger partial charge in [0, 0.05) is 0 Å². The maximum Gasteiger partial charge on any atom is -0.00183 e. The quantitative estimate of drug-likeness (QED) is 0.503. The summed E-state index contributed by atoms with van der Waals surface area (Å²) in [7, 11) is 0. The highest BCUT2D eigenvalue weighted by atomic mass is 15.1. The van der Waals surface area contributed by atoms with Crippen molar-refractivity contribution in [1.29, 1.82) is 0 Å². The molecule has 0 N–H and O–H groups in total. The molecule has 2 fully saturated rings. The highest BCUT2D eigenvalue weighted by Gasteiger charge is 2.10. The lowest BCUT2D eigenvalue weighted by Gasteiger charge is -2.13. The lowest BCUT2D eigenvalue weighted by Crippen LogP contribution is -2.20. The van der Waals surface area contributed by atoms with Crippen LogP contribution in [0.4, 0.5) is 0 Å². The predicted octanol–water partition coefficient (Wildman–Crippen LogP) is 5.33. The summed E-state index contributed by atoms with van der Waals surface area (Å²) in [5.74, 6) is 0. The summed E-state index contributed by atoms with van der Waals surface area (Å²) in [5.41, 5.74) is 0. The molecule has 0 radical (unpaired) electrons. The van der Waals surface area contributed by atoms with Gasteiger partial charge in [0.2, 0.25) is 0 Å². The molecule has 2 heteroatoms. The lowest BCUT2D eigenvalue weighted by molar-refractivity contribution is 0.328. The van der Waals surface area contributed by atoms with Gasteiger partial charge in [-0.3, -0.25) is 0 Å². The van der Waals surface area contributed by atoms with E-state index in [9.17, 15) is 0 Å². The molecule has 22 heavy (non-hydrogen) atoms. The Morgan fingerprint density at radius 2 is 0.864 bits per heavy atom. The van der Waals surface area contributed by atoms with Gasteiger partial charge in [-0.05, 0) is 77.8 Å². The molecule has 0 aromatic carbocycles. The van der Waals surface area contributed by atoms with E-state index in [4.69, 9.17) is 0 Å². The highest BCUT2D eigenvalue weighted by molar-refractivity contribution is 4.66. The smallest absolute Gasteiger partial charge is 0.00183 e. The third kappa shape index (κ3) is 10.6. The van der Waals surface area contributed by atoms with E-state index in [0.717, 1.165) is 0 Å². The Balaban J connectivity index is 0.000000220. The second kappa shape index (κ2) is 14.5. The summed E-state index contributed by atoms with van der Waals surface area (Å²) >= 11 is 0. The third-order valence-corrected chi connectivity index (χ3v) is 5.05. The molecule has 2 aliphatic rings. The molecule has 2 saturated heterocycles. The zero-order valence-electron chi connectivity index (χ0n) is 15.6. The van der Waals surface area contributed by atoms with Crippen molar-refractivity contribution in [1.82, 2.24) is 9.80 Å². The molecule has 132 valence electrons. The fourth-order valence-corrected chi connectivity index (χ4v) is 3.54. The van der Waals surface area contributed by atoms with Crippen LogP contribution in [0.1, 0.15) is 90.9 Å². The van der Waals surface area contributed by atoms with Gasteiger partial charge in [-0.1, -0.05) is 52.4 Å². The van der Waals surface area contributed by atoms with Crippen molar-refractivity contribution in [3.05, 3.63) is 0 Å². The average Bonchev–Trinajstić information content (AvgIpc) is 3.22. The second-order valence-corrected chi connectivity index (χ2v) is 7.22. The van der Waals surface area contributed by atoms with Crippen molar-refractivity contribution >= 4 is 0 Å². The fraction of sp³-hybridized carbons (Fsp3) is 1.00. The molecule has 2 aliphatic heterocycles. The van der Waals surface area contributed by atoms with Crippen LogP contribution in [0, 0.1) is 0 Å². The third-order valence-electron chi connectivity index (χ3n) is 5.05. The van der Waals surface area contributed by atoms with Crippen molar-refractivity contribution in [2.75, 3.05) is 39.3 Å². The van der Waals surface area contributed by atoms with Gasteiger partial charge in [0.1, 0.15) is 0 Å². The molecule has 0 unspecified atom stereocenters. The summed E-state index contributed by atoms with van der Waals surface area (Å²) in [6.45, 7) is 12.7. The van der Waals surface area contributed by atoms with Gasteiger partial charge >= 0.3 is 0 Å². The Kier molecular flexibility index (Phi) is 13.2. The molecule has 0 saturated carbocycles. The number of rotatable bonds is 10. The van der Waals surface area contributed by atoms with Crippen molar-refractivity contribution in [2.45, 2.75) is 90.9 Å². The summed E-state index contributed by atoms with van der Waals surface area (Å²) in [4.78, 5) is 5.21. The number of nitrogens with zero attached hydrogens (tertiary/aromatic N) is 2. The SMILES string of the molecule is CCCCCCN1CCCC1.CCCCCCN1CCCC1. The first-order valence-corrected chi connectivity index (χ1v) is 10.3. The Hall–Kier alpha value is -0.0800. The molecule has 0 atom stereocenters. The van der Waals surface area contributed by atoms with Gasteiger partial charge in [-0.25, -0.2) is 0 Å². The van der Waals surface area contributed by atoms with Crippen molar-refractivity contribution in [2.24, 2.45) is 0 Å². The van der Waals surface area contributed by atoms with Crippen LogP contribution in [0.15, 0.2) is 0 Å². The highest BCUT2D eigenvalue weighted by Crippen LogP contribution is 2.10. The van der Waals surface area contributed by atoms with Crippen molar-refractivity contribution in [3.8, 4) is 0 Å². The van der Waals surface area contributed by atoms with E-state index < -0.39 is 0 Å². The van der Waals surface area contributed by atoms with Gasteiger partial charge < -0.3 is 9.80 Å². The molecule has 0 aromatic heterocycles. The predicted molar refractivity (Wildman–Crippen MR) is 99.6 cm³/mol. The largest absolute Gasteiger partial charge is 0.303 e. The standard InChI is InChI=1S/2C10H21N/c2*1-2-3-4-5-8-11-9-6-7-10-11/h2*2-10H2,1H3. The zero-order valence-corrected chi connectivity index (χ0v) is 15.6. The van der Waals surface area contributed by atoms with Crippen molar-refractivity contribution < 1.29 is 0 Å². The maximum absolute atomic E-state index is 2.61. The monoisotopic (exact) mass is 310 g/mol. The maximum atomic E-state index is 2.61. The van der Waals surface area contributed by atoms with E-state index in [-0.39, 0.29) is 0 Å². The first kappa shape index (κ1) is 20.0. The zero-order chi connectivity index (χ0) is 15.9. The normalized spacial score (nSPS) is 19.4. The minimum atomic E-state index is 1.36. The van der Waals surface area contributed by atoms with Crippen LogP contribution in [-0.2, 0) is 0 Å². The van der Waals surface area contributed by atoms with E-state index in [1.54, 1.807) is 0 Å². The number of hydrogen-bond donors (Lipinski definition) is 0. The van der Waals surface area contributed by atoms with Crippen molar-refractivity contribution in [3.63, 3.8) is 0 Å². The van der Waals surface area contributed by atoms with E-state index in [1.165, 1.54) is 116 Å². The van der Waals surface area contributed by atoms with E-state index in [1.807, 2.05) is 0 Å². The number of unbranched alkanes of at least 4 members (excludes halogenated alkanes) is 6. The molecule has 0 amide bonds. The van der Waals surface area contributed by atoms with Gasteiger partial charge in [0.25, 0.3) is 0 Å². The van der Waals surface area contributed by atoms with Crippen LogP contribution < -0.4 is 0 Å². The van der Waals surface area contributed by atoms with Crippen LogP contribution in [0.3, 0.4) is 0 Å². The first-order chi connectivity index (χ1) is 10.9. The molecule has 0 spiro atoms. The van der Waals surface area contributed by atoms with E-state index in [0.29, 0.717) is 0 Å². The van der Waals surface area contributed by atoms with Crippen LogP contribution in [0.2, 0.25) is 0 Å². The first-order valence-electron chi connectivity index (χ1n) is 10.3. The van der Waals surface area contributed by atoms with Gasteiger partial charge in [-0.15, -0.1) is 0 Å². The van der Waals surface area contributed by atoms with Gasteiger partial charge in [-0.2, -0.15) is 0 Å². The minimum absolute atomic E-state index is 1.36. The van der Waals surface area contributed by atoms with Gasteiger partial charge in [0.05, 0.1) is 0 Å². The molecular formula is C20H42N2. The number of likely N-dealkylation sites (tertiary alicyclic amines) is 2. The lowest BCUT2D eigenvalue weighted by atomic mass is 10.2. The second-order valence-electron chi connectivity index (χ2n) is 7.22. The summed E-state index contributed by atoms with van der Waals surface area (Å²) in [5, 5.41) is 0. The topological polar surface area (TPSA) is 6.48 Å². The average molecular weight is 311 g/mol. The molecule has 0 bridgehead atoms. The molecular weight excluding hydrogens is 268 g/mol. The van der Waals surface area contributed by atoms with Crippen LogP contribution in [-0.4, -0.2) is 49.1 Å². The van der Waals surface area contributed by atoms with Crippen LogP contribution in [0.5, 0.6) is 0 Å². The molecule has 2 rings (SSSR count). The molecule has 0 aliphatic carbocycles. The van der Waals surface area contributed by atoms with E-state index >= 15 is 0 Å². The van der Waals surface area contributed by atoms with E-state index in [2.05, 4.69) is 23.6 Å². The van der Waals surface area contributed by atoms with Crippen LogP contribution >= 0.6 is 0 Å². The summed E-state index contributed by atoms with van der Waals surface area (Å²) in [6, 6.07) is 0. The Labute approximate surface area is 140 Å². The summed E-state index contributed by atoms with van der Waals surface area (Å²) in [6.07, 6.45) is 17.0. The fourth-order valence-electron chi connectivity index (χ4n) is 3.54.